The minimum absolute atomic E-state index is 0.0362. The third-order valence-electron chi connectivity index (χ3n) is 5.46. The van der Waals surface area contributed by atoms with Gasteiger partial charge in [-0.05, 0) is 31.0 Å². The summed E-state index contributed by atoms with van der Waals surface area (Å²) in [6, 6.07) is 4.94. The molecule has 1 aromatic heterocycles. The molecule has 1 aromatic carbocycles. The second-order valence-electron chi connectivity index (χ2n) is 7.81. The minimum Gasteiger partial charge on any atom is -0.486 e. The molecule has 1 aliphatic heterocycles. The summed E-state index contributed by atoms with van der Waals surface area (Å²) in [5, 5.41) is 14.2. The summed E-state index contributed by atoms with van der Waals surface area (Å²) < 4.78 is 13.2. The van der Waals surface area contributed by atoms with E-state index in [1.807, 2.05) is 29.8 Å². The van der Waals surface area contributed by atoms with Crippen LogP contribution in [0, 0.1) is 6.92 Å². The van der Waals surface area contributed by atoms with Gasteiger partial charge in [-0.1, -0.05) is 38.7 Å². The second-order valence-corrected chi connectivity index (χ2v) is 7.81. The number of unbranched alkanes of at least 4 members (excludes halogenated alkanes) is 4. The molecule has 7 heteroatoms. The van der Waals surface area contributed by atoms with Crippen molar-refractivity contribution in [2.45, 2.75) is 71.1 Å². The summed E-state index contributed by atoms with van der Waals surface area (Å²) in [7, 11) is 0. The Balaban J connectivity index is 1.68. The maximum absolute atomic E-state index is 12.6. The number of aryl methyl sites for hydroxylation is 1. The molecule has 2 aromatic rings. The predicted molar refractivity (Wildman–Crippen MR) is 115 cm³/mol. The van der Waals surface area contributed by atoms with E-state index in [0.717, 1.165) is 25.1 Å². The van der Waals surface area contributed by atoms with Gasteiger partial charge >= 0.3 is 0 Å². The van der Waals surface area contributed by atoms with Crippen molar-refractivity contribution in [1.29, 1.82) is 0 Å². The predicted octanol–water partition coefficient (Wildman–Crippen LogP) is 3.54. The van der Waals surface area contributed by atoms with Crippen LogP contribution in [0.5, 0.6) is 11.5 Å². The Morgan fingerprint density at radius 3 is 2.70 bits per heavy atom. The lowest BCUT2D eigenvalue weighted by Gasteiger charge is -2.27. The minimum atomic E-state index is -0.883. The summed E-state index contributed by atoms with van der Waals surface area (Å²) >= 11 is 0. The fourth-order valence-corrected chi connectivity index (χ4v) is 3.68. The average Bonchev–Trinajstić information content (AvgIpc) is 3.16. The second kappa shape index (κ2) is 11.0. The smallest absolute Gasteiger partial charge is 0.220 e. The molecule has 1 amide bonds. The van der Waals surface area contributed by atoms with Crippen molar-refractivity contribution in [3.8, 4) is 11.5 Å². The van der Waals surface area contributed by atoms with Crippen molar-refractivity contribution in [1.82, 2.24) is 14.9 Å². The molecule has 0 radical (unpaired) electrons. The Morgan fingerprint density at radius 2 is 1.97 bits per heavy atom. The Bertz CT molecular complexity index is 821. The highest BCUT2D eigenvalue weighted by Crippen LogP contribution is 2.33. The van der Waals surface area contributed by atoms with Crippen LogP contribution in [0.25, 0.3) is 0 Å². The average molecular weight is 416 g/mol. The summed E-state index contributed by atoms with van der Waals surface area (Å²) in [6.07, 6.45) is 8.62. The van der Waals surface area contributed by atoms with Gasteiger partial charge in [0.25, 0.3) is 0 Å². The van der Waals surface area contributed by atoms with Gasteiger partial charge in [0, 0.05) is 25.4 Å². The first-order valence-electron chi connectivity index (χ1n) is 10.9. The Morgan fingerprint density at radius 1 is 1.20 bits per heavy atom. The van der Waals surface area contributed by atoms with Crippen LogP contribution < -0.4 is 14.8 Å². The first-order valence-corrected chi connectivity index (χ1v) is 10.9. The number of aliphatic hydroxyl groups is 1. The number of benzene rings is 1. The number of carbonyl (C=O) groups is 1. The number of imidazole rings is 1. The Labute approximate surface area is 178 Å². The lowest BCUT2D eigenvalue weighted by molar-refractivity contribution is -0.123. The molecule has 30 heavy (non-hydrogen) atoms. The van der Waals surface area contributed by atoms with E-state index in [4.69, 9.17) is 9.47 Å². The number of ether oxygens (including phenoxy) is 2. The maximum Gasteiger partial charge on any atom is 0.220 e. The molecule has 2 N–H and O–H groups in total. The van der Waals surface area contributed by atoms with Gasteiger partial charge in [-0.2, -0.15) is 0 Å². The fraction of sp³-hybridized carbons (Fsp3) is 0.565. The van der Waals surface area contributed by atoms with Crippen molar-refractivity contribution in [3.05, 3.63) is 42.0 Å². The van der Waals surface area contributed by atoms with Gasteiger partial charge in [0.15, 0.2) is 11.5 Å². The Kier molecular flexibility index (Phi) is 8.13. The number of amides is 1. The topological polar surface area (TPSA) is 85.6 Å². The van der Waals surface area contributed by atoms with Gasteiger partial charge < -0.3 is 24.5 Å². The summed E-state index contributed by atoms with van der Waals surface area (Å²) in [5.41, 5.74) is 0.685. The van der Waals surface area contributed by atoms with E-state index in [9.17, 15) is 9.90 Å². The number of hydrogen-bond donors (Lipinski definition) is 2. The molecule has 7 nitrogen and oxygen atoms in total. The van der Waals surface area contributed by atoms with E-state index in [1.165, 1.54) is 12.8 Å². The van der Waals surface area contributed by atoms with Gasteiger partial charge in [-0.15, -0.1) is 0 Å². The van der Waals surface area contributed by atoms with E-state index in [1.54, 1.807) is 12.3 Å². The molecule has 0 spiro atoms. The van der Waals surface area contributed by atoms with E-state index >= 15 is 0 Å². The number of aromatic nitrogens is 2. The van der Waals surface area contributed by atoms with Crippen molar-refractivity contribution in [2.24, 2.45) is 0 Å². The zero-order chi connectivity index (χ0) is 21.3. The molecule has 164 valence electrons. The molecule has 2 heterocycles. The number of nitrogens with zero attached hydrogens (tertiary/aromatic N) is 2. The molecule has 1 aliphatic rings. The van der Waals surface area contributed by atoms with Gasteiger partial charge in [0.1, 0.15) is 25.1 Å². The maximum atomic E-state index is 12.6. The first-order chi connectivity index (χ1) is 14.6. The molecular weight excluding hydrogens is 382 g/mol. The Hall–Kier alpha value is -2.54. The van der Waals surface area contributed by atoms with Crippen LogP contribution in [0.1, 0.15) is 62.9 Å². The van der Waals surface area contributed by atoms with Crippen LogP contribution in [0.4, 0.5) is 0 Å². The van der Waals surface area contributed by atoms with Crippen LogP contribution >= 0.6 is 0 Å². The third kappa shape index (κ3) is 5.98. The molecule has 0 unspecified atom stereocenters. The van der Waals surface area contributed by atoms with Crippen LogP contribution in [0.2, 0.25) is 0 Å². The van der Waals surface area contributed by atoms with Crippen molar-refractivity contribution in [2.75, 3.05) is 13.2 Å². The number of aliphatic hydroxyl groups excluding tert-OH is 1. The largest absolute Gasteiger partial charge is 0.486 e. The molecule has 0 fully saturated rings. The molecule has 0 aliphatic carbocycles. The van der Waals surface area contributed by atoms with Gasteiger partial charge in [-0.25, -0.2) is 4.98 Å². The van der Waals surface area contributed by atoms with Crippen molar-refractivity contribution >= 4 is 5.91 Å². The fourth-order valence-electron chi connectivity index (χ4n) is 3.68. The SMILES string of the molecule is CCCCCCCC(=O)N[C@H](Cn1ccnc1C)[C@H](O)c1ccc2c(c1)OCCO2. The van der Waals surface area contributed by atoms with Gasteiger partial charge in [0.2, 0.25) is 5.91 Å². The summed E-state index contributed by atoms with van der Waals surface area (Å²) in [6.45, 7) is 5.52. The van der Waals surface area contributed by atoms with Crippen LogP contribution in [-0.2, 0) is 11.3 Å². The van der Waals surface area contributed by atoms with E-state index in [2.05, 4.69) is 17.2 Å². The van der Waals surface area contributed by atoms with E-state index < -0.39 is 12.1 Å². The monoisotopic (exact) mass is 415 g/mol. The molecular formula is C23H33N3O4. The number of fused-ring (bicyclic) bond motifs is 1. The molecule has 3 rings (SSSR count). The highest BCUT2D eigenvalue weighted by atomic mass is 16.6. The summed E-state index contributed by atoms with van der Waals surface area (Å²) in [4.78, 5) is 16.8. The van der Waals surface area contributed by atoms with Gasteiger partial charge in [-0.3, -0.25) is 4.79 Å². The summed E-state index contributed by atoms with van der Waals surface area (Å²) in [5.74, 6) is 2.10. The lowest BCUT2D eigenvalue weighted by Crippen LogP contribution is -2.42. The van der Waals surface area contributed by atoms with Gasteiger partial charge in [0.05, 0.1) is 6.04 Å². The van der Waals surface area contributed by atoms with Crippen LogP contribution in [0.3, 0.4) is 0 Å². The molecule has 0 bridgehead atoms. The van der Waals surface area contributed by atoms with Crippen LogP contribution in [0.15, 0.2) is 30.6 Å². The number of hydrogen-bond acceptors (Lipinski definition) is 5. The van der Waals surface area contributed by atoms with Crippen molar-refractivity contribution < 1.29 is 19.4 Å². The molecule has 0 saturated heterocycles. The highest BCUT2D eigenvalue weighted by molar-refractivity contribution is 5.76. The van der Waals surface area contributed by atoms with E-state index in [-0.39, 0.29) is 5.91 Å². The van der Waals surface area contributed by atoms with Crippen molar-refractivity contribution in [3.63, 3.8) is 0 Å². The third-order valence-corrected chi connectivity index (χ3v) is 5.46. The zero-order valence-corrected chi connectivity index (χ0v) is 18.0. The van der Waals surface area contributed by atoms with E-state index in [0.29, 0.717) is 43.2 Å². The highest BCUT2D eigenvalue weighted by Gasteiger charge is 2.25. The molecule has 2 atom stereocenters. The molecule has 0 saturated carbocycles. The number of carbonyl (C=O) groups excluding carboxylic acids is 1. The normalized spacial score (nSPS) is 14.9. The van der Waals surface area contributed by atoms with Crippen LogP contribution in [-0.4, -0.2) is 39.8 Å². The number of rotatable bonds is 11. The standard InChI is InChI=1S/C23H33N3O4/c1-3-4-5-6-7-8-22(27)25-19(16-26-12-11-24-17(26)2)23(28)18-9-10-20-21(15-18)30-14-13-29-20/h9-12,15,19,23,28H,3-8,13-14,16H2,1-2H3,(H,25,27)/t19-,23-/m1/s1. The lowest BCUT2D eigenvalue weighted by atomic mass is 10.0. The number of nitrogens with one attached hydrogen (secondary N) is 1. The zero-order valence-electron chi connectivity index (χ0n) is 18.0. The first kappa shape index (κ1) is 22.2. The quantitative estimate of drug-likeness (QED) is 0.548.